The average molecular weight is 198 g/mol. The molecule has 0 aliphatic carbocycles. The highest BCUT2D eigenvalue weighted by Crippen LogP contribution is 2.21. The van der Waals surface area contributed by atoms with E-state index < -0.39 is 11.9 Å². The van der Waals surface area contributed by atoms with Gasteiger partial charge in [0.2, 0.25) is 0 Å². The average Bonchev–Trinajstić information content (AvgIpc) is 2.74. The van der Waals surface area contributed by atoms with E-state index in [1.807, 2.05) is 0 Å². The number of carbonyl (C=O) groups excluding carboxylic acids is 1. The number of esters is 1. The lowest BCUT2D eigenvalue weighted by atomic mass is 10.3. The Morgan fingerprint density at radius 2 is 2.21 bits per heavy atom. The van der Waals surface area contributed by atoms with Gasteiger partial charge in [-0.2, -0.15) is 0 Å². The van der Waals surface area contributed by atoms with Crippen LogP contribution in [0.4, 0.5) is 0 Å². The van der Waals surface area contributed by atoms with E-state index in [9.17, 15) is 4.79 Å². The highest BCUT2D eigenvalue weighted by molar-refractivity contribution is 5.89. The second-order valence-corrected chi connectivity index (χ2v) is 2.96. The molecule has 1 aromatic heterocycles. The molecule has 0 N–H and O–H groups in total. The molecule has 0 saturated carbocycles. The molecule has 1 aromatic rings. The summed E-state index contributed by atoms with van der Waals surface area (Å²) in [4.78, 5) is 11.4. The van der Waals surface area contributed by atoms with Gasteiger partial charge in [-0.25, -0.2) is 4.79 Å². The maximum absolute atomic E-state index is 11.4. The van der Waals surface area contributed by atoms with Gasteiger partial charge in [0, 0.05) is 6.92 Å². The second-order valence-electron chi connectivity index (χ2n) is 2.96. The van der Waals surface area contributed by atoms with Crippen molar-refractivity contribution >= 4 is 5.97 Å². The third-order valence-corrected chi connectivity index (χ3v) is 1.85. The van der Waals surface area contributed by atoms with Crippen LogP contribution in [-0.2, 0) is 14.2 Å². The first-order chi connectivity index (χ1) is 6.70. The van der Waals surface area contributed by atoms with Gasteiger partial charge in [0.15, 0.2) is 0 Å². The van der Waals surface area contributed by atoms with Crippen molar-refractivity contribution in [1.82, 2.24) is 0 Å². The minimum absolute atomic E-state index is 0.338. The third-order valence-electron chi connectivity index (χ3n) is 1.85. The molecule has 76 valence electrons. The number of rotatable bonds is 2. The number of hydrogen-bond donors (Lipinski definition) is 0. The van der Waals surface area contributed by atoms with Crippen LogP contribution in [0.25, 0.3) is 0 Å². The molecule has 1 fully saturated rings. The molecule has 0 unspecified atom stereocenters. The van der Waals surface area contributed by atoms with Gasteiger partial charge in [-0.15, -0.1) is 0 Å². The summed E-state index contributed by atoms with van der Waals surface area (Å²) in [5.74, 6) is -1.78. The molecule has 0 aromatic carbocycles. The van der Waals surface area contributed by atoms with E-state index in [1.54, 1.807) is 6.92 Å². The van der Waals surface area contributed by atoms with Crippen LogP contribution >= 0.6 is 0 Å². The Hall–Kier alpha value is -1.33. The molecule has 2 rings (SSSR count). The van der Waals surface area contributed by atoms with Crippen LogP contribution in [0.2, 0.25) is 0 Å². The molecule has 0 bridgehead atoms. The first kappa shape index (κ1) is 9.23. The van der Waals surface area contributed by atoms with Gasteiger partial charge in [-0.05, 0) is 6.07 Å². The topological polar surface area (TPSA) is 57.9 Å². The zero-order chi connectivity index (χ0) is 10.0. The Morgan fingerprint density at radius 1 is 1.50 bits per heavy atom. The molecular formula is C9H10O5. The molecule has 2 heterocycles. The minimum Gasteiger partial charge on any atom is -0.472 e. The fourth-order valence-corrected chi connectivity index (χ4v) is 1.16. The summed E-state index contributed by atoms with van der Waals surface area (Å²) >= 11 is 0. The largest absolute Gasteiger partial charge is 0.472 e. The van der Waals surface area contributed by atoms with Crippen LogP contribution in [0.15, 0.2) is 23.0 Å². The molecule has 5 heteroatoms. The van der Waals surface area contributed by atoms with Crippen molar-refractivity contribution in [2.45, 2.75) is 12.9 Å². The summed E-state index contributed by atoms with van der Waals surface area (Å²) in [6.45, 7) is 2.41. The maximum Gasteiger partial charge on any atom is 0.345 e. The van der Waals surface area contributed by atoms with Gasteiger partial charge in [0.1, 0.15) is 6.26 Å². The molecule has 1 aliphatic rings. The predicted octanol–water partition coefficient (Wildman–Crippen LogP) is 1.16. The highest BCUT2D eigenvalue weighted by atomic mass is 16.9. The molecule has 14 heavy (non-hydrogen) atoms. The van der Waals surface area contributed by atoms with Crippen LogP contribution in [0, 0.1) is 0 Å². The van der Waals surface area contributed by atoms with Crippen molar-refractivity contribution < 1.29 is 23.4 Å². The van der Waals surface area contributed by atoms with Crippen LogP contribution in [0.5, 0.6) is 0 Å². The van der Waals surface area contributed by atoms with E-state index in [4.69, 9.17) is 18.6 Å². The van der Waals surface area contributed by atoms with Gasteiger partial charge >= 0.3 is 11.9 Å². The Kier molecular flexibility index (Phi) is 2.26. The fourth-order valence-electron chi connectivity index (χ4n) is 1.16. The summed E-state index contributed by atoms with van der Waals surface area (Å²) < 4.78 is 20.0. The Labute approximate surface area is 80.5 Å². The normalized spacial score (nSPS) is 19.5. The predicted molar refractivity (Wildman–Crippen MR) is 44.4 cm³/mol. The van der Waals surface area contributed by atoms with Gasteiger partial charge < -0.3 is 18.6 Å². The Bertz CT molecular complexity index is 310. The van der Waals surface area contributed by atoms with Gasteiger partial charge in [0.25, 0.3) is 0 Å². The van der Waals surface area contributed by atoms with E-state index in [1.165, 1.54) is 18.6 Å². The summed E-state index contributed by atoms with van der Waals surface area (Å²) in [7, 11) is 0. The van der Waals surface area contributed by atoms with E-state index in [-0.39, 0.29) is 0 Å². The smallest absolute Gasteiger partial charge is 0.345 e. The van der Waals surface area contributed by atoms with Crippen molar-refractivity contribution in [3.8, 4) is 0 Å². The van der Waals surface area contributed by atoms with Gasteiger partial charge in [-0.1, -0.05) is 0 Å². The second kappa shape index (κ2) is 3.43. The van der Waals surface area contributed by atoms with Crippen molar-refractivity contribution in [1.29, 1.82) is 0 Å². The highest BCUT2D eigenvalue weighted by Gasteiger charge is 2.36. The number of ether oxygens (including phenoxy) is 3. The minimum atomic E-state index is -1.26. The molecule has 1 aliphatic heterocycles. The number of carbonyl (C=O) groups is 1. The van der Waals surface area contributed by atoms with E-state index >= 15 is 0 Å². The van der Waals surface area contributed by atoms with Crippen LogP contribution in [-0.4, -0.2) is 25.2 Å². The van der Waals surface area contributed by atoms with Crippen molar-refractivity contribution in [3.05, 3.63) is 24.2 Å². The van der Waals surface area contributed by atoms with E-state index in [0.29, 0.717) is 18.8 Å². The first-order valence-electron chi connectivity index (χ1n) is 4.23. The van der Waals surface area contributed by atoms with Crippen LogP contribution in [0.3, 0.4) is 0 Å². The monoisotopic (exact) mass is 198 g/mol. The third kappa shape index (κ3) is 1.78. The van der Waals surface area contributed by atoms with Gasteiger partial charge in [0.05, 0.1) is 25.0 Å². The molecule has 5 nitrogen and oxygen atoms in total. The lowest BCUT2D eigenvalue weighted by Gasteiger charge is -2.21. The summed E-state index contributed by atoms with van der Waals surface area (Å²) in [6.07, 6.45) is 2.70. The van der Waals surface area contributed by atoms with Crippen LogP contribution < -0.4 is 0 Å². The molecule has 0 amide bonds. The van der Waals surface area contributed by atoms with E-state index in [2.05, 4.69) is 0 Å². The first-order valence-corrected chi connectivity index (χ1v) is 4.23. The SMILES string of the molecule is CC1(OC(=O)c2ccoc2)OCCO1. The van der Waals surface area contributed by atoms with Crippen molar-refractivity contribution in [2.75, 3.05) is 13.2 Å². The quantitative estimate of drug-likeness (QED) is 0.667. The zero-order valence-electron chi connectivity index (χ0n) is 7.69. The fraction of sp³-hybridized carbons (Fsp3) is 0.444. The summed E-state index contributed by atoms with van der Waals surface area (Å²) in [5, 5.41) is 0. The number of hydrogen-bond acceptors (Lipinski definition) is 5. The van der Waals surface area contributed by atoms with Crippen molar-refractivity contribution in [3.63, 3.8) is 0 Å². The van der Waals surface area contributed by atoms with Crippen LogP contribution in [0.1, 0.15) is 17.3 Å². The zero-order valence-corrected chi connectivity index (χ0v) is 7.69. The molecule has 0 spiro atoms. The molecule has 1 saturated heterocycles. The maximum atomic E-state index is 11.4. The number of furan rings is 1. The van der Waals surface area contributed by atoms with Gasteiger partial charge in [-0.3, -0.25) is 0 Å². The lowest BCUT2D eigenvalue weighted by Crippen LogP contribution is -2.32. The lowest BCUT2D eigenvalue weighted by molar-refractivity contribution is -0.288. The Morgan fingerprint density at radius 3 is 2.79 bits per heavy atom. The molecular weight excluding hydrogens is 188 g/mol. The Balaban J connectivity index is 2.01. The molecule has 0 atom stereocenters. The summed E-state index contributed by atoms with van der Waals surface area (Å²) in [6, 6.07) is 1.51. The summed E-state index contributed by atoms with van der Waals surface area (Å²) in [5.41, 5.74) is 0.338. The van der Waals surface area contributed by atoms with E-state index in [0.717, 1.165) is 0 Å². The van der Waals surface area contributed by atoms with Crippen molar-refractivity contribution in [2.24, 2.45) is 0 Å². The standard InChI is InChI=1S/C9H10O5/c1-9(12-4-5-13-9)14-8(10)7-2-3-11-6-7/h2-3,6H,4-5H2,1H3. The molecule has 0 radical (unpaired) electrons.